The van der Waals surface area contributed by atoms with Gasteiger partial charge < -0.3 is 10.4 Å². The second kappa shape index (κ2) is 10.4. The molecule has 1 saturated carbocycles. The Hall–Kier alpha value is -3.16. The monoisotopic (exact) mass is 540 g/mol. The number of carbonyl (C=O) groups is 1. The van der Waals surface area contributed by atoms with Gasteiger partial charge in [0, 0.05) is 42.8 Å². The van der Waals surface area contributed by atoms with Crippen LogP contribution in [0.15, 0.2) is 46.1 Å². The Labute approximate surface area is 209 Å². The average molecular weight is 541 g/mol. The van der Waals surface area contributed by atoms with Crippen LogP contribution >= 0.6 is 11.3 Å². The first-order chi connectivity index (χ1) is 17.2. The van der Waals surface area contributed by atoms with Crippen LogP contribution in [0.25, 0.3) is 0 Å². The van der Waals surface area contributed by atoms with E-state index in [0.717, 1.165) is 42.1 Å². The number of nitrogens with one attached hydrogen (secondary N) is 2. The van der Waals surface area contributed by atoms with Crippen molar-refractivity contribution < 1.29 is 31.5 Å². The lowest BCUT2D eigenvalue weighted by atomic mass is 9.95. The van der Waals surface area contributed by atoms with Crippen LogP contribution in [0.1, 0.15) is 24.0 Å². The summed E-state index contributed by atoms with van der Waals surface area (Å²) in [5, 5.41) is 11.1. The Bertz CT molecular complexity index is 1320. The molecule has 1 aliphatic carbocycles. The van der Waals surface area contributed by atoms with E-state index in [4.69, 9.17) is 9.90 Å². The smallest absolute Gasteiger partial charge is 0.290 e. The molecule has 0 unspecified atom stereocenters. The molecule has 0 bridgehead atoms. The van der Waals surface area contributed by atoms with Crippen LogP contribution in [-0.4, -0.2) is 43.0 Å². The van der Waals surface area contributed by atoms with Crippen LogP contribution in [0.2, 0.25) is 0 Å². The zero-order valence-electron chi connectivity index (χ0n) is 18.9. The molecule has 3 aromatic rings. The van der Waals surface area contributed by atoms with Crippen molar-refractivity contribution in [3.8, 4) is 0 Å². The average Bonchev–Trinajstić information content (AvgIpc) is 3.41. The molecular formula is C23H23F3N4O4S2. The highest BCUT2D eigenvalue weighted by atomic mass is 32.2. The number of aromatic nitrogens is 1. The molecule has 3 N–H and O–H groups in total. The lowest BCUT2D eigenvalue weighted by Gasteiger charge is -2.40. The molecule has 1 aromatic heterocycles. The molecule has 5 rings (SSSR count). The minimum absolute atomic E-state index is 0.00302. The molecular weight excluding hydrogens is 517 g/mol. The quantitative estimate of drug-likeness (QED) is 0.366. The molecule has 0 atom stereocenters. The van der Waals surface area contributed by atoms with E-state index < -0.39 is 32.4 Å². The number of likely N-dealkylation sites (tertiary alicyclic amines) is 1. The predicted molar refractivity (Wildman–Crippen MR) is 129 cm³/mol. The number of sulfonamides is 1. The maximum absolute atomic E-state index is 14.6. The zero-order valence-corrected chi connectivity index (χ0v) is 20.5. The molecule has 2 aromatic carbocycles. The van der Waals surface area contributed by atoms with Gasteiger partial charge in [-0.2, -0.15) is 0 Å². The third-order valence-electron chi connectivity index (χ3n) is 6.09. The van der Waals surface area contributed by atoms with Crippen LogP contribution in [0.5, 0.6) is 0 Å². The second-order valence-electron chi connectivity index (χ2n) is 8.73. The van der Waals surface area contributed by atoms with Crippen molar-refractivity contribution in [2.24, 2.45) is 5.41 Å². The van der Waals surface area contributed by atoms with Gasteiger partial charge in [-0.1, -0.05) is 12.1 Å². The second-order valence-corrected chi connectivity index (χ2v) is 11.1. The Morgan fingerprint density at radius 2 is 1.81 bits per heavy atom. The number of anilines is 2. The van der Waals surface area contributed by atoms with Gasteiger partial charge in [-0.15, -0.1) is 11.3 Å². The van der Waals surface area contributed by atoms with E-state index in [1.165, 1.54) is 29.8 Å². The Balaban J connectivity index is 0.000000967. The molecule has 36 heavy (non-hydrogen) atoms. The molecule has 192 valence electrons. The summed E-state index contributed by atoms with van der Waals surface area (Å²) >= 11 is 1.14. The highest BCUT2D eigenvalue weighted by Gasteiger charge is 2.51. The van der Waals surface area contributed by atoms with Crippen LogP contribution < -0.4 is 10.0 Å². The van der Waals surface area contributed by atoms with Crippen molar-refractivity contribution >= 4 is 39.3 Å². The summed E-state index contributed by atoms with van der Waals surface area (Å²) in [6.45, 7) is 2.39. The molecule has 1 saturated heterocycles. The van der Waals surface area contributed by atoms with Gasteiger partial charge >= 0.3 is 0 Å². The van der Waals surface area contributed by atoms with Gasteiger partial charge in [0.1, 0.15) is 17.5 Å². The first kappa shape index (κ1) is 25.9. The van der Waals surface area contributed by atoms with Crippen LogP contribution in [0.4, 0.5) is 24.7 Å². The Kier molecular flexibility index (Phi) is 7.52. The first-order valence-corrected chi connectivity index (χ1v) is 13.3. The van der Waals surface area contributed by atoms with E-state index in [9.17, 15) is 21.6 Å². The summed E-state index contributed by atoms with van der Waals surface area (Å²) < 4.78 is 70.7. The number of hydrogen-bond donors (Lipinski definition) is 3. The number of carboxylic acid groups (broad SMARTS) is 1. The molecule has 2 heterocycles. The molecule has 1 aliphatic heterocycles. The summed E-state index contributed by atoms with van der Waals surface area (Å²) in [7, 11) is -4.51. The third-order valence-corrected chi connectivity index (χ3v) is 8.08. The first-order valence-electron chi connectivity index (χ1n) is 10.9. The van der Waals surface area contributed by atoms with Gasteiger partial charge in [0.2, 0.25) is 0 Å². The lowest BCUT2D eigenvalue weighted by Crippen LogP contribution is -2.47. The normalized spacial score (nSPS) is 16.0. The van der Waals surface area contributed by atoms with E-state index in [1.807, 2.05) is 10.8 Å². The molecule has 1 spiro atoms. The van der Waals surface area contributed by atoms with Gasteiger partial charge in [-0.05, 0) is 42.0 Å². The number of rotatable bonds is 8. The van der Waals surface area contributed by atoms with E-state index in [-0.39, 0.29) is 24.5 Å². The van der Waals surface area contributed by atoms with Crippen molar-refractivity contribution in [1.29, 1.82) is 0 Å². The van der Waals surface area contributed by atoms with Crippen molar-refractivity contribution in [3.63, 3.8) is 0 Å². The summed E-state index contributed by atoms with van der Waals surface area (Å²) in [5.74, 6) is -2.95. The number of halogens is 3. The number of nitrogens with zero attached hydrogens (tertiary/aromatic N) is 2. The Morgan fingerprint density at radius 1 is 1.14 bits per heavy atom. The predicted octanol–water partition coefficient (Wildman–Crippen LogP) is 4.27. The molecule has 2 aliphatic rings. The maximum Gasteiger partial charge on any atom is 0.290 e. The largest absolute Gasteiger partial charge is 0.483 e. The van der Waals surface area contributed by atoms with Gasteiger partial charge in [0.25, 0.3) is 16.5 Å². The summed E-state index contributed by atoms with van der Waals surface area (Å²) in [6, 6.07) is 6.60. The summed E-state index contributed by atoms with van der Waals surface area (Å²) in [6.07, 6.45) is 2.51. The van der Waals surface area contributed by atoms with Crippen LogP contribution in [0, 0.1) is 22.9 Å². The molecule has 0 radical (unpaired) electrons. The minimum Gasteiger partial charge on any atom is -0.483 e. The zero-order chi connectivity index (χ0) is 25.9. The molecule has 0 amide bonds. The third kappa shape index (κ3) is 5.79. The molecule has 8 nitrogen and oxygen atoms in total. The minimum atomic E-state index is -4.51. The van der Waals surface area contributed by atoms with Crippen LogP contribution in [-0.2, 0) is 27.9 Å². The van der Waals surface area contributed by atoms with E-state index >= 15 is 0 Å². The van der Waals surface area contributed by atoms with Gasteiger partial charge in [-0.25, -0.2) is 26.6 Å². The van der Waals surface area contributed by atoms with Gasteiger partial charge in [-0.3, -0.25) is 14.4 Å². The molecule has 2 fully saturated rings. The van der Waals surface area contributed by atoms with Gasteiger partial charge in [0.15, 0.2) is 10.7 Å². The summed E-state index contributed by atoms with van der Waals surface area (Å²) in [5.41, 5.74) is 3.10. The highest BCUT2D eigenvalue weighted by molar-refractivity contribution is 7.92. The highest BCUT2D eigenvalue weighted by Crippen LogP contribution is 2.53. The molecule has 13 heteroatoms. The van der Waals surface area contributed by atoms with Crippen molar-refractivity contribution in [2.45, 2.75) is 30.8 Å². The number of benzene rings is 2. The van der Waals surface area contributed by atoms with E-state index in [2.05, 4.69) is 15.2 Å². The van der Waals surface area contributed by atoms with Crippen molar-refractivity contribution in [3.05, 3.63) is 69.8 Å². The van der Waals surface area contributed by atoms with Crippen molar-refractivity contribution in [1.82, 2.24) is 9.88 Å². The van der Waals surface area contributed by atoms with E-state index in [0.29, 0.717) is 17.5 Å². The lowest BCUT2D eigenvalue weighted by molar-refractivity contribution is -0.122. The number of hydrogen-bond acceptors (Lipinski definition) is 7. The van der Waals surface area contributed by atoms with E-state index in [1.54, 1.807) is 6.07 Å². The van der Waals surface area contributed by atoms with Crippen LogP contribution in [0.3, 0.4) is 0 Å². The fourth-order valence-corrected chi connectivity index (χ4v) is 5.94. The SMILES string of the molecule is O=CO.O=S(=O)(Nc1cscn1)c1c(F)cc(NCc2c(F)cccc2CN2CC3(CC3)C2)cc1F. The fourth-order valence-electron chi connectivity index (χ4n) is 4.26. The summed E-state index contributed by atoms with van der Waals surface area (Å²) in [4.78, 5) is 13.3. The fraction of sp³-hybridized carbons (Fsp3) is 0.304. The number of thiazole rings is 1. The van der Waals surface area contributed by atoms with Crippen molar-refractivity contribution in [2.75, 3.05) is 23.1 Å². The maximum atomic E-state index is 14.6. The topological polar surface area (TPSA) is 112 Å². The standard InChI is InChI=1S/C22H21F3N4O2S2.CH2O2/c23-17-3-1-2-14(9-29-11-22(12-29)4-5-22)16(17)8-26-15-6-18(24)21(19(25)7-15)33(30,31)28-20-10-32-13-27-20;2-1-3/h1-3,6-7,10,13,26,28H,4-5,8-9,11-12H2;1H,(H,2,3). The van der Waals surface area contributed by atoms with Gasteiger partial charge in [0.05, 0.1) is 5.51 Å². The Morgan fingerprint density at radius 3 is 2.39 bits per heavy atom.